The van der Waals surface area contributed by atoms with Crippen molar-refractivity contribution >= 4 is 17.3 Å². The van der Waals surface area contributed by atoms with E-state index in [0.717, 1.165) is 31.3 Å². The molecule has 0 aromatic heterocycles. The highest BCUT2D eigenvalue weighted by Crippen LogP contribution is 2.24. The SMILES string of the molecule is Cc1ccc(NC(=O)C=C2CCCCC2)cc1[N+](=O)[O-]. The van der Waals surface area contributed by atoms with Crippen molar-refractivity contribution in [2.24, 2.45) is 0 Å². The van der Waals surface area contributed by atoms with Crippen LogP contribution in [0, 0.1) is 17.0 Å². The van der Waals surface area contributed by atoms with E-state index < -0.39 is 4.92 Å². The Morgan fingerprint density at radius 3 is 2.65 bits per heavy atom. The summed E-state index contributed by atoms with van der Waals surface area (Å²) in [6.45, 7) is 1.67. The van der Waals surface area contributed by atoms with Gasteiger partial charge in [0.1, 0.15) is 0 Å². The minimum Gasteiger partial charge on any atom is -0.322 e. The summed E-state index contributed by atoms with van der Waals surface area (Å²) < 4.78 is 0. The zero-order chi connectivity index (χ0) is 14.5. The molecule has 0 heterocycles. The van der Waals surface area contributed by atoms with Crippen molar-refractivity contribution in [2.75, 3.05) is 5.32 Å². The number of allylic oxidation sites excluding steroid dienone is 1. The molecule has 0 saturated heterocycles. The van der Waals surface area contributed by atoms with Gasteiger partial charge in [-0.1, -0.05) is 18.1 Å². The van der Waals surface area contributed by atoms with E-state index in [2.05, 4.69) is 5.32 Å². The highest BCUT2D eigenvalue weighted by molar-refractivity contribution is 6.00. The van der Waals surface area contributed by atoms with Gasteiger partial charge in [0.05, 0.1) is 4.92 Å². The summed E-state index contributed by atoms with van der Waals surface area (Å²) in [6.07, 6.45) is 7.07. The predicted octanol–water partition coefficient (Wildman–Crippen LogP) is 3.73. The molecule has 0 aliphatic heterocycles. The lowest BCUT2D eigenvalue weighted by atomic mass is 9.94. The Morgan fingerprint density at radius 2 is 2.00 bits per heavy atom. The summed E-state index contributed by atoms with van der Waals surface area (Å²) in [5.41, 5.74) is 2.22. The average Bonchev–Trinajstić information content (AvgIpc) is 2.41. The highest BCUT2D eigenvalue weighted by atomic mass is 16.6. The van der Waals surface area contributed by atoms with Gasteiger partial charge in [-0.3, -0.25) is 14.9 Å². The molecule has 20 heavy (non-hydrogen) atoms. The molecule has 1 amide bonds. The van der Waals surface area contributed by atoms with Crippen molar-refractivity contribution in [3.05, 3.63) is 45.5 Å². The van der Waals surface area contributed by atoms with E-state index in [9.17, 15) is 14.9 Å². The molecule has 0 spiro atoms. The minimum absolute atomic E-state index is 0.0214. The molecular weight excluding hydrogens is 256 g/mol. The molecule has 5 nitrogen and oxygen atoms in total. The molecule has 0 bridgehead atoms. The Bertz CT molecular complexity index is 556. The van der Waals surface area contributed by atoms with E-state index in [1.54, 1.807) is 25.1 Å². The molecule has 1 fully saturated rings. The van der Waals surface area contributed by atoms with Crippen LogP contribution in [0.4, 0.5) is 11.4 Å². The fourth-order valence-electron chi connectivity index (χ4n) is 2.40. The van der Waals surface area contributed by atoms with Gasteiger partial charge in [-0.25, -0.2) is 0 Å². The third-order valence-corrected chi connectivity index (χ3v) is 3.50. The second kappa shape index (κ2) is 6.32. The van der Waals surface area contributed by atoms with Crippen molar-refractivity contribution in [1.82, 2.24) is 0 Å². The minimum atomic E-state index is -0.440. The van der Waals surface area contributed by atoms with Crippen LogP contribution in [0.3, 0.4) is 0 Å². The third-order valence-electron chi connectivity index (χ3n) is 3.50. The van der Waals surface area contributed by atoms with Crippen LogP contribution in [0.25, 0.3) is 0 Å². The molecule has 1 aliphatic rings. The van der Waals surface area contributed by atoms with Crippen molar-refractivity contribution in [3.8, 4) is 0 Å². The van der Waals surface area contributed by atoms with Gasteiger partial charge in [-0.05, 0) is 38.7 Å². The number of hydrogen-bond donors (Lipinski definition) is 1. The van der Waals surface area contributed by atoms with Gasteiger partial charge < -0.3 is 5.32 Å². The van der Waals surface area contributed by atoms with Crippen LogP contribution in [0.2, 0.25) is 0 Å². The lowest BCUT2D eigenvalue weighted by Crippen LogP contribution is -2.10. The fraction of sp³-hybridized carbons (Fsp3) is 0.400. The number of benzene rings is 1. The van der Waals surface area contributed by atoms with Gasteiger partial charge in [0.25, 0.3) is 5.69 Å². The Kier molecular flexibility index (Phi) is 4.50. The molecule has 1 saturated carbocycles. The van der Waals surface area contributed by atoms with E-state index in [1.807, 2.05) is 0 Å². The maximum atomic E-state index is 11.9. The van der Waals surface area contributed by atoms with Gasteiger partial charge in [0.2, 0.25) is 5.91 Å². The lowest BCUT2D eigenvalue weighted by Gasteiger charge is -2.13. The first-order chi connectivity index (χ1) is 9.56. The van der Waals surface area contributed by atoms with E-state index in [1.165, 1.54) is 12.5 Å². The Labute approximate surface area is 117 Å². The lowest BCUT2D eigenvalue weighted by molar-refractivity contribution is -0.385. The van der Waals surface area contributed by atoms with Crippen LogP contribution in [0.5, 0.6) is 0 Å². The fourth-order valence-corrected chi connectivity index (χ4v) is 2.40. The average molecular weight is 274 g/mol. The first-order valence-corrected chi connectivity index (χ1v) is 6.82. The van der Waals surface area contributed by atoms with Crippen LogP contribution in [-0.4, -0.2) is 10.8 Å². The van der Waals surface area contributed by atoms with Crippen LogP contribution in [0.1, 0.15) is 37.7 Å². The van der Waals surface area contributed by atoms with Gasteiger partial charge in [-0.15, -0.1) is 0 Å². The molecule has 1 aromatic carbocycles. The maximum Gasteiger partial charge on any atom is 0.274 e. The number of amides is 1. The molecule has 1 aliphatic carbocycles. The summed E-state index contributed by atoms with van der Waals surface area (Å²) in [5, 5.41) is 13.5. The Morgan fingerprint density at radius 1 is 1.30 bits per heavy atom. The van der Waals surface area contributed by atoms with Crippen LogP contribution in [-0.2, 0) is 4.79 Å². The summed E-state index contributed by atoms with van der Waals surface area (Å²) in [7, 11) is 0. The maximum absolute atomic E-state index is 11.9. The molecule has 106 valence electrons. The largest absolute Gasteiger partial charge is 0.322 e. The summed E-state index contributed by atoms with van der Waals surface area (Å²) in [5.74, 6) is -0.208. The van der Waals surface area contributed by atoms with Crippen molar-refractivity contribution in [1.29, 1.82) is 0 Å². The van der Waals surface area contributed by atoms with E-state index in [4.69, 9.17) is 0 Å². The first kappa shape index (κ1) is 14.2. The smallest absolute Gasteiger partial charge is 0.274 e. The molecule has 0 radical (unpaired) electrons. The zero-order valence-electron chi connectivity index (χ0n) is 11.5. The number of nitrogens with one attached hydrogen (secondary N) is 1. The van der Waals surface area contributed by atoms with Gasteiger partial charge >= 0.3 is 0 Å². The van der Waals surface area contributed by atoms with Crippen molar-refractivity contribution in [2.45, 2.75) is 39.0 Å². The second-order valence-corrected chi connectivity index (χ2v) is 5.11. The molecule has 1 N–H and O–H groups in total. The normalized spacial score (nSPS) is 14.8. The van der Waals surface area contributed by atoms with Gasteiger partial charge in [-0.2, -0.15) is 0 Å². The molecule has 0 unspecified atom stereocenters. The third kappa shape index (κ3) is 3.66. The first-order valence-electron chi connectivity index (χ1n) is 6.82. The summed E-state index contributed by atoms with van der Waals surface area (Å²) >= 11 is 0. The monoisotopic (exact) mass is 274 g/mol. The van der Waals surface area contributed by atoms with Gasteiger partial charge in [0, 0.05) is 23.4 Å². The molecule has 5 heteroatoms. The molecule has 0 atom stereocenters. The summed E-state index contributed by atoms with van der Waals surface area (Å²) in [6, 6.07) is 4.72. The molecule has 2 rings (SSSR count). The van der Waals surface area contributed by atoms with E-state index >= 15 is 0 Å². The van der Waals surface area contributed by atoms with Crippen LogP contribution >= 0.6 is 0 Å². The van der Waals surface area contributed by atoms with Crippen LogP contribution in [0.15, 0.2) is 29.8 Å². The number of aryl methyl sites for hydroxylation is 1. The number of hydrogen-bond acceptors (Lipinski definition) is 3. The molecular formula is C15H18N2O3. The van der Waals surface area contributed by atoms with Crippen LogP contribution < -0.4 is 5.32 Å². The number of carbonyl (C=O) groups excluding carboxylic acids is 1. The number of nitro groups is 1. The number of nitro benzene ring substituents is 1. The van der Waals surface area contributed by atoms with E-state index in [0.29, 0.717) is 11.3 Å². The zero-order valence-corrected chi connectivity index (χ0v) is 11.5. The number of carbonyl (C=O) groups is 1. The number of anilines is 1. The topological polar surface area (TPSA) is 72.2 Å². The Balaban J connectivity index is 2.07. The Hall–Kier alpha value is -2.17. The van der Waals surface area contributed by atoms with Crippen molar-refractivity contribution in [3.63, 3.8) is 0 Å². The standard InChI is InChI=1S/C15H18N2O3/c1-11-7-8-13(10-14(11)17(19)20)16-15(18)9-12-5-3-2-4-6-12/h7-10H,2-6H2,1H3,(H,16,18). The predicted molar refractivity (Wildman–Crippen MR) is 77.6 cm³/mol. The molecule has 1 aromatic rings. The number of rotatable bonds is 3. The highest BCUT2D eigenvalue weighted by Gasteiger charge is 2.12. The number of nitrogens with zero attached hydrogens (tertiary/aromatic N) is 1. The van der Waals surface area contributed by atoms with Gasteiger partial charge in [0.15, 0.2) is 0 Å². The van der Waals surface area contributed by atoms with E-state index in [-0.39, 0.29) is 11.6 Å². The quantitative estimate of drug-likeness (QED) is 0.518. The summed E-state index contributed by atoms with van der Waals surface area (Å²) in [4.78, 5) is 22.3. The van der Waals surface area contributed by atoms with Crippen molar-refractivity contribution < 1.29 is 9.72 Å². The second-order valence-electron chi connectivity index (χ2n) is 5.11.